The molecule has 1 aliphatic heterocycles. The van der Waals surface area contributed by atoms with E-state index in [0.29, 0.717) is 31.1 Å². The SMILES string of the molecule is Cc1cc(-c2nc3cc(CN4CC(C(=O)O)C4)ccc3o2)ccc1-c1ccc(F)nc1. The van der Waals surface area contributed by atoms with Crippen LogP contribution in [-0.2, 0) is 11.3 Å². The molecule has 0 bridgehead atoms. The van der Waals surface area contributed by atoms with E-state index < -0.39 is 11.9 Å². The summed E-state index contributed by atoms with van der Waals surface area (Å²) in [4.78, 5) is 21.4. The van der Waals surface area contributed by atoms with Crippen molar-refractivity contribution >= 4 is 17.1 Å². The Morgan fingerprint density at radius 2 is 1.97 bits per heavy atom. The average Bonchev–Trinajstić information content (AvgIpc) is 3.14. The molecule has 1 aliphatic rings. The minimum atomic E-state index is -0.732. The van der Waals surface area contributed by atoms with Crippen molar-refractivity contribution in [2.45, 2.75) is 13.5 Å². The largest absolute Gasteiger partial charge is 0.481 e. The number of pyridine rings is 1. The Labute approximate surface area is 178 Å². The third-order valence-corrected chi connectivity index (χ3v) is 5.68. The lowest BCUT2D eigenvalue weighted by molar-refractivity contribution is -0.147. The van der Waals surface area contributed by atoms with Gasteiger partial charge < -0.3 is 9.52 Å². The number of carbonyl (C=O) groups is 1. The van der Waals surface area contributed by atoms with Crippen molar-refractivity contribution in [3.05, 3.63) is 71.8 Å². The van der Waals surface area contributed by atoms with Crippen LogP contribution in [0.5, 0.6) is 0 Å². The number of aliphatic carboxylic acids is 1. The van der Waals surface area contributed by atoms with Crippen molar-refractivity contribution in [2.24, 2.45) is 5.92 Å². The third kappa shape index (κ3) is 3.80. The summed E-state index contributed by atoms with van der Waals surface area (Å²) in [5.41, 5.74) is 6.25. The van der Waals surface area contributed by atoms with Gasteiger partial charge in [-0.05, 0) is 60.0 Å². The fraction of sp³-hybridized carbons (Fsp3) is 0.208. The summed E-state index contributed by atoms with van der Waals surface area (Å²) in [6.07, 6.45) is 1.52. The molecule has 4 aromatic rings. The molecule has 0 spiro atoms. The molecule has 2 aromatic carbocycles. The van der Waals surface area contributed by atoms with Gasteiger partial charge in [-0.15, -0.1) is 0 Å². The summed E-state index contributed by atoms with van der Waals surface area (Å²) in [5, 5.41) is 9.01. The molecule has 31 heavy (non-hydrogen) atoms. The number of benzene rings is 2. The molecule has 0 amide bonds. The quantitative estimate of drug-likeness (QED) is 0.481. The highest BCUT2D eigenvalue weighted by molar-refractivity contribution is 5.78. The van der Waals surface area contributed by atoms with Crippen LogP contribution in [0.15, 0.2) is 59.1 Å². The lowest BCUT2D eigenvalue weighted by Crippen LogP contribution is -2.49. The topological polar surface area (TPSA) is 79.5 Å². The van der Waals surface area contributed by atoms with E-state index in [-0.39, 0.29) is 5.92 Å². The van der Waals surface area contributed by atoms with Crippen molar-refractivity contribution in [1.29, 1.82) is 0 Å². The van der Waals surface area contributed by atoms with Crippen LogP contribution in [0, 0.1) is 18.8 Å². The fourth-order valence-electron chi connectivity index (χ4n) is 3.96. The first-order chi connectivity index (χ1) is 15.0. The van der Waals surface area contributed by atoms with E-state index in [4.69, 9.17) is 9.52 Å². The minimum absolute atomic E-state index is 0.265. The Balaban J connectivity index is 1.37. The first-order valence-corrected chi connectivity index (χ1v) is 10.0. The number of rotatable bonds is 5. The number of aryl methyl sites for hydroxylation is 1. The number of hydrogen-bond acceptors (Lipinski definition) is 5. The molecule has 0 saturated carbocycles. The van der Waals surface area contributed by atoms with Gasteiger partial charge in [0.05, 0.1) is 5.92 Å². The van der Waals surface area contributed by atoms with Crippen LogP contribution in [0.3, 0.4) is 0 Å². The van der Waals surface area contributed by atoms with Crippen LogP contribution >= 0.6 is 0 Å². The van der Waals surface area contributed by atoms with Gasteiger partial charge in [-0.1, -0.05) is 12.1 Å². The van der Waals surface area contributed by atoms with Gasteiger partial charge in [0.15, 0.2) is 5.58 Å². The van der Waals surface area contributed by atoms with Gasteiger partial charge >= 0.3 is 5.97 Å². The van der Waals surface area contributed by atoms with E-state index in [1.807, 2.05) is 43.3 Å². The smallest absolute Gasteiger partial charge is 0.309 e. The number of fused-ring (bicyclic) bond motifs is 1. The van der Waals surface area contributed by atoms with Crippen molar-refractivity contribution in [2.75, 3.05) is 13.1 Å². The Hall–Kier alpha value is -3.58. The zero-order valence-electron chi connectivity index (χ0n) is 16.9. The van der Waals surface area contributed by atoms with E-state index in [1.54, 1.807) is 6.07 Å². The monoisotopic (exact) mass is 417 g/mol. The van der Waals surface area contributed by atoms with E-state index in [1.165, 1.54) is 12.3 Å². The second-order valence-electron chi connectivity index (χ2n) is 7.95. The van der Waals surface area contributed by atoms with Crippen LogP contribution in [0.25, 0.3) is 33.7 Å². The maximum Gasteiger partial charge on any atom is 0.309 e. The number of likely N-dealkylation sites (tertiary alicyclic amines) is 1. The number of aromatic nitrogens is 2. The zero-order chi connectivity index (χ0) is 21.5. The Kier molecular flexibility index (Phi) is 4.75. The summed E-state index contributed by atoms with van der Waals surface area (Å²) >= 11 is 0. The van der Waals surface area contributed by atoms with Gasteiger partial charge in [0.25, 0.3) is 0 Å². The van der Waals surface area contributed by atoms with E-state index >= 15 is 0 Å². The van der Waals surface area contributed by atoms with Gasteiger partial charge in [0.1, 0.15) is 5.52 Å². The van der Waals surface area contributed by atoms with Crippen LogP contribution in [-0.4, -0.2) is 39.0 Å². The highest BCUT2D eigenvalue weighted by Gasteiger charge is 2.32. The molecule has 1 N–H and O–H groups in total. The first kappa shape index (κ1) is 19.4. The number of nitrogens with zero attached hydrogens (tertiary/aromatic N) is 3. The van der Waals surface area contributed by atoms with Crippen molar-refractivity contribution in [3.63, 3.8) is 0 Å². The molecule has 1 saturated heterocycles. The molecule has 5 rings (SSSR count). The molecule has 2 aromatic heterocycles. The fourth-order valence-corrected chi connectivity index (χ4v) is 3.96. The lowest BCUT2D eigenvalue weighted by atomic mass is 9.99. The predicted molar refractivity (Wildman–Crippen MR) is 114 cm³/mol. The van der Waals surface area contributed by atoms with Crippen molar-refractivity contribution in [3.8, 4) is 22.6 Å². The van der Waals surface area contributed by atoms with E-state index in [9.17, 15) is 9.18 Å². The number of halogens is 1. The van der Waals surface area contributed by atoms with E-state index in [0.717, 1.165) is 33.3 Å². The summed E-state index contributed by atoms with van der Waals surface area (Å²) in [7, 11) is 0. The van der Waals surface area contributed by atoms with Crippen LogP contribution in [0.2, 0.25) is 0 Å². The maximum atomic E-state index is 13.1. The zero-order valence-corrected chi connectivity index (χ0v) is 16.9. The van der Waals surface area contributed by atoms with Crippen molar-refractivity contribution in [1.82, 2.24) is 14.9 Å². The highest BCUT2D eigenvalue weighted by atomic mass is 19.1. The van der Waals surface area contributed by atoms with Crippen molar-refractivity contribution < 1.29 is 18.7 Å². The Morgan fingerprint density at radius 3 is 2.68 bits per heavy atom. The van der Waals surface area contributed by atoms with Crippen LogP contribution in [0.4, 0.5) is 4.39 Å². The summed E-state index contributed by atoms with van der Waals surface area (Å²) in [5.74, 6) is -0.960. The van der Waals surface area contributed by atoms with Gasteiger partial charge in [0, 0.05) is 37.0 Å². The predicted octanol–water partition coefficient (Wildman–Crippen LogP) is 4.52. The molecule has 0 aliphatic carbocycles. The second kappa shape index (κ2) is 7.59. The molecule has 0 unspecified atom stereocenters. The number of carboxylic acid groups (broad SMARTS) is 1. The first-order valence-electron chi connectivity index (χ1n) is 10.0. The summed E-state index contributed by atoms with van der Waals surface area (Å²) in [6.45, 7) is 3.83. The molecule has 0 radical (unpaired) electrons. The molecule has 7 heteroatoms. The Bertz CT molecular complexity index is 1280. The van der Waals surface area contributed by atoms with Gasteiger partial charge in [-0.2, -0.15) is 4.39 Å². The van der Waals surface area contributed by atoms with Crippen LogP contribution in [0.1, 0.15) is 11.1 Å². The molecule has 156 valence electrons. The Morgan fingerprint density at radius 1 is 1.16 bits per heavy atom. The minimum Gasteiger partial charge on any atom is -0.481 e. The molecule has 1 fully saturated rings. The number of hydrogen-bond donors (Lipinski definition) is 1. The highest BCUT2D eigenvalue weighted by Crippen LogP contribution is 2.30. The van der Waals surface area contributed by atoms with Gasteiger partial charge in [0.2, 0.25) is 11.8 Å². The molecule has 0 atom stereocenters. The lowest BCUT2D eigenvalue weighted by Gasteiger charge is -2.36. The average molecular weight is 417 g/mol. The van der Waals surface area contributed by atoms with Crippen LogP contribution < -0.4 is 0 Å². The molecular formula is C24H20FN3O3. The molecule has 3 heterocycles. The maximum absolute atomic E-state index is 13.1. The number of oxazole rings is 1. The summed E-state index contributed by atoms with van der Waals surface area (Å²) in [6, 6.07) is 14.8. The normalized spacial score (nSPS) is 14.6. The van der Waals surface area contributed by atoms with Gasteiger partial charge in [-0.25, -0.2) is 9.97 Å². The third-order valence-electron chi connectivity index (χ3n) is 5.68. The van der Waals surface area contributed by atoms with E-state index in [2.05, 4.69) is 14.9 Å². The second-order valence-corrected chi connectivity index (χ2v) is 7.95. The number of carboxylic acids is 1. The molecular weight excluding hydrogens is 397 g/mol. The standard InChI is InChI=1S/C24H20FN3O3/c1-14-8-16(3-5-19(14)17-4-7-22(25)26-10-17)23-27-20-9-15(2-6-21(20)31-23)11-28-12-18(13-28)24(29)30/h2-10,18H,11-13H2,1H3,(H,29,30). The summed E-state index contributed by atoms with van der Waals surface area (Å²) < 4.78 is 19.1. The molecule has 6 nitrogen and oxygen atoms in total. The van der Waals surface area contributed by atoms with Gasteiger partial charge in [-0.3, -0.25) is 9.69 Å².